The molecule has 30 heavy (non-hydrogen) atoms. The lowest BCUT2D eigenvalue weighted by molar-refractivity contribution is -0.140. The molecule has 1 saturated heterocycles. The number of thiocarbonyl (C=S) groups is 1. The van der Waals surface area contributed by atoms with E-state index >= 15 is 0 Å². The molecule has 0 aliphatic carbocycles. The van der Waals surface area contributed by atoms with E-state index in [2.05, 4.69) is 0 Å². The van der Waals surface area contributed by atoms with Crippen molar-refractivity contribution in [1.29, 1.82) is 0 Å². The number of halogens is 1. The first-order chi connectivity index (χ1) is 14.4. The maximum atomic E-state index is 12.4. The highest BCUT2D eigenvalue weighted by Gasteiger charge is 2.33. The number of nitrogens with zero attached hydrogens (tertiary/aromatic N) is 1. The monoisotopic (exact) mass is 463 g/mol. The Morgan fingerprint density at radius 3 is 2.60 bits per heavy atom. The average Bonchev–Trinajstić information content (AvgIpc) is 2.96. The van der Waals surface area contributed by atoms with Crippen LogP contribution in [0.15, 0.2) is 47.4 Å². The molecule has 2 aromatic rings. The van der Waals surface area contributed by atoms with E-state index in [1.807, 2.05) is 19.1 Å². The van der Waals surface area contributed by atoms with Gasteiger partial charge in [-0.15, -0.1) is 0 Å². The number of ether oxygens (including phenoxy) is 2. The van der Waals surface area contributed by atoms with Crippen LogP contribution in [0.25, 0.3) is 6.08 Å². The van der Waals surface area contributed by atoms with Crippen molar-refractivity contribution in [3.8, 4) is 11.5 Å². The zero-order valence-corrected chi connectivity index (χ0v) is 18.4. The molecule has 1 heterocycles. The summed E-state index contributed by atoms with van der Waals surface area (Å²) in [4.78, 5) is 24.8. The van der Waals surface area contributed by atoms with Crippen LogP contribution in [0.4, 0.5) is 0 Å². The Balaban J connectivity index is 1.78. The zero-order chi connectivity index (χ0) is 21.7. The van der Waals surface area contributed by atoms with Crippen LogP contribution in [-0.4, -0.2) is 39.4 Å². The summed E-state index contributed by atoms with van der Waals surface area (Å²) >= 11 is 12.1. The van der Waals surface area contributed by atoms with E-state index in [9.17, 15) is 9.59 Å². The highest BCUT2D eigenvalue weighted by atomic mass is 35.5. The summed E-state index contributed by atoms with van der Waals surface area (Å²) < 4.78 is 11.8. The molecule has 1 fully saturated rings. The van der Waals surface area contributed by atoms with Gasteiger partial charge in [-0.05, 0) is 48.4 Å². The molecule has 6 nitrogen and oxygen atoms in total. The number of carbonyl (C=O) groups is 2. The van der Waals surface area contributed by atoms with E-state index in [0.29, 0.717) is 40.2 Å². The van der Waals surface area contributed by atoms with E-state index in [0.717, 1.165) is 22.2 Å². The molecule has 0 atom stereocenters. The second kappa shape index (κ2) is 9.97. The van der Waals surface area contributed by atoms with Crippen molar-refractivity contribution in [2.24, 2.45) is 0 Å². The molecular weight excluding hydrogens is 446 g/mol. The van der Waals surface area contributed by atoms with Gasteiger partial charge in [-0.3, -0.25) is 14.5 Å². The molecule has 0 bridgehead atoms. The summed E-state index contributed by atoms with van der Waals surface area (Å²) in [6.07, 6.45) is 1.66. The van der Waals surface area contributed by atoms with Gasteiger partial charge < -0.3 is 14.6 Å². The minimum atomic E-state index is -1.12. The smallest absolute Gasteiger partial charge is 0.323 e. The van der Waals surface area contributed by atoms with Gasteiger partial charge in [-0.2, -0.15) is 0 Å². The Kier molecular flexibility index (Phi) is 7.36. The van der Waals surface area contributed by atoms with Gasteiger partial charge in [0, 0.05) is 5.02 Å². The molecule has 3 rings (SSSR count). The predicted molar refractivity (Wildman–Crippen MR) is 121 cm³/mol. The first kappa shape index (κ1) is 22.1. The Bertz CT molecular complexity index is 1010. The van der Waals surface area contributed by atoms with Crippen molar-refractivity contribution in [1.82, 2.24) is 4.90 Å². The fourth-order valence-electron chi connectivity index (χ4n) is 2.67. The van der Waals surface area contributed by atoms with Gasteiger partial charge in [0.1, 0.15) is 17.5 Å². The number of carboxylic acids is 1. The number of benzene rings is 2. The highest BCUT2D eigenvalue weighted by Crippen LogP contribution is 2.35. The quantitative estimate of drug-likeness (QED) is 0.452. The van der Waals surface area contributed by atoms with Crippen LogP contribution in [0.1, 0.15) is 18.1 Å². The molecule has 1 amide bonds. The molecule has 1 N–H and O–H groups in total. The summed E-state index contributed by atoms with van der Waals surface area (Å²) in [5.41, 5.74) is 1.68. The van der Waals surface area contributed by atoms with Crippen molar-refractivity contribution in [2.75, 3.05) is 13.2 Å². The number of amides is 1. The molecule has 0 saturated carbocycles. The van der Waals surface area contributed by atoms with Gasteiger partial charge >= 0.3 is 5.97 Å². The largest absolute Gasteiger partial charge is 0.490 e. The number of hydrogen-bond acceptors (Lipinski definition) is 6. The molecular formula is C21H18ClNO5S2. The number of thioether (sulfide) groups is 1. The third-order valence-electron chi connectivity index (χ3n) is 4.04. The molecule has 0 spiro atoms. The van der Waals surface area contributed by atoms with E-state index in [1.54, 1.807) is 36.4 Å². The minimum Gasteiger partial charge on any atom is -0.490 e. The van der Waals surface area contributed by atoms with Crippen molar-refractivity contribution in [3.63, 3.8) is 0 Å². The molecule has 156 valence electrons. The van der Waals surface area contributed by atoms with Crippen LogP contribution in [-0.2, 0) is 16.2 Å². The van der Waals surface area contributed by atoms with Crippen LogP contribution in [0.3, 0.4) is 0 Å². The SMILES string of the molecule is CCOc1cc(/C=C2\SC(=S)N(CC(=O)O)C2=O)ccc1OCc1ccc(Cl)cc1. The normalized spacial score (nSPS) is 15.0. The molecule has 2 aromatic carbocycles. The maximum absolute atomic E-state index is 12.4. The fraction of sp³-hybridized carbons (Fsp3) is 0.190. The maximum Gasteiger partial charge on any atom is 0.323 e. The molecule has 0 unspecified atom stereocenters. The van der Waals surface area contributed by atoms with Crippen LogP contribution < -0.4 is 9.47 Å². The summed E-state index contributed by atoms with van der Waals surface area (Å²) in [5.74, 6) is -0.426. The molecule has 0 aromatic heterocycles. The third-order valence-corrected chi connectivity index (χ3v) is 5.67. The lowest BCUT2D eigenvalue weighted by Gasteiger charge is -2.13. The summed E-state index contributed by atoms with van der Waals surface area (Å²) in [7, 11) is 0. The Labute approximate surface area is 188 Å². The first-order valence-corrected chi connectivity index (χ1v) is 10.6. The predicted octanol–water partition coefficient (Wildman–Crippen LogP) is 4.60. The van der Waals surface area contributed by atoms with E-state index in [-0.39, 0.29) is 4.32 Å². The number of carboxylic acid groups (broad SMARTS) is 1. The summed E-state index contributed by atoms with van der Waals surface area (Å²) in [6, 6.07) is 12.7. The van der Waals surface area contributed by atoms with Gasteiger partial charge in [0.2, 0.25) is 0 Å². The van der Waals surface area contributed by atoms with Crippen LogP contribution >= 0.6 is 35.6 Å². The lowest BCUT2D eigenvalue weighted by atomic mass is 10.1. The molecule has 1 aliphatic rings. The van der Waals surface area contributed by atoms with Gasteiger partial charge in [0.15, 0.2) is 11.5 Å². The Morgan fingerprint density at radius 2 is 1.93 bits per heavy atom. The zero-order valence-electron chi connectivity index (χ0n) is 16.0. The second-order valence-corrected chi connectivity index (χ2v) is 8.33. The fourth-order valence-corrected chi connectivity index (χ4v) is 4.05. The standard InChI is InChI=1S/C21H18ClNO5S2/c1-2-27-17-9-14(10-18-20(26)23(11-19(24)25)21(29)30-18)5-8-16(17)28-12-13-3-6-15(22)7-4-13/h3-10H,2,11-12H2,1H3,(H,24,25)/b18-10-. The topological polar surface area (TPSA) is 76.1 Å². The van der Waals surface area contributed by atoms with Crippen molar-refractivity contribution in [2.45, 2.75) is 13.5 Å². The molecule has 0 radical (unpaired) electrons. The Morgan fingerprint density at radius 1 is 1.20 bits per heavy atom. The first-order valence-electron chi connectivity index (χ1n) is 8.98. The minimum absolute atomic E-state index is 0.224. The van der Waals surface area contributed by atoms with E-state index in [4.69, 9.17) is 38.4 Å². The van der Waals surface area contributed by atoms with Crippen molar-refractivity contribution in [3.05, 3.63) is 63.5 Å². The third kappa shape index (κ3) is 5.53. The van der Waals surface area contributed by atoms with Gasteiger partial charge in [-0.1, -0.05) is 53.8 Å². The van der Waals surface area contributed by atoms with E-state index in [1.165, 1.54) is 0 Å². The second-order valence-electron chi connectivity index (χ2n) is 6.22. The number of aliphatic carboxylic acids is 1. The Hall–Kier alpha value is -2.55. The van der Waals surface area contributed by atoms with Crippen molar-refractivity contribution < 1.29 is 24.2 Å². The molecule has 9 heteroatoms. The highest BCUT2D eigenvalue weighted by molar-refractivity contribution is 8.26. The summed E-state index contributed by atoms with van der Waals surface area (Å²) in [6.45, 7) is 2.21. The van der Waals surface area contributed by atoms with Gasteiger partial charge in [0.05, 0.1) is 11.5 Å². The van der Waals surface area contributed by atoms with Gasteiger partial charge in [-0.25, -0.2) is 0 Å². The van der Waals surface area contributed by atoms with E-state index < -0.39 is 18.4 Å². The van der Waals surface area contributed by atoms with Crippen LogP contribution in [0.5, 0.6) is 11.5 Å². The lowest BCUT2D eigenvalue weighted by Crippen LogP contribution is -2.33. The number of carbonyl (C=O) groups excluding carboxylic acids is 1. The number of hydrogen-bond donors (Lipinski definition) is 1. The average molecular weight is 464 g/mol. The molecule has 1 aliphatic heterocycles. The van der Waals surface area contributed by atoms with Gasteiger partial charge in [0.25, 0.3) is 5.91 Å². The van der Waals surface area contributed by atoms with Crippen LogP contribution in [0, 0.1) is 0 Å². The number of rotatable bonds is 8. The van der Waals surface area contributed by atoms with Crippen molar-refractivity contribution >= 4 is 57.9 Å². The van der Waals surface area contributed by atoms with Crippen LogP contribution in [0.2, 0.25) is 5.02 Å². The summed E-state index contributed by atoms with van der Waals surface area (Å²) in [5, 5.41) is 9.60.